The number of hydrogen-bond acceptors (Lipinski definition) is 6. The molecule has 8 nitrogen and oxygen atoms in total. The predicted octanol–water partition coefficient (Wildman–Crippen LogP) is 3.80. The smallest absolute Gasteiger partial charge is 0.271 e. The van der Waals surface area contributed by atoms with E-state index in [1.165, 1.54) is 25.3 Å². The number of amides is 1. The van der Waals surface area contributed by atoms with E-state index in [0.717, 1.165) is 36.8 Å². The van der Waals surface area contributed by atoms with E-state index in [4.69, 9.17) is 16.3 Å². The van der Waals surface area contributed by atoms with E-state index >= 15 is 0 Å². The van der Waals surface area contributed by atoms with Gasteiger partial charge in [0.05, 0.1) is 34.5 Å². The Balaban J connectivity index is 1.67. The molecule has 0 aliphatic carbocycles. The third-order valence-corrected chi connectivity index (χ3v) is 5.62. The zero-order chi connectivity index (χ0) is 21.7. The molecule has 160 valence electrons. The van der Waals surface area contributed by atoms with Crippen LogP contribution in [-0.4, -0.2) is 55.1 Å². The molecule has 1 fully saturated rings. The second kappa shape index (κ2) is 9.77. The minimum Gasteiger partial charge on any atom is -0.495 e. The molecule has 1 N–H and O–H groups in total. The Bertz CT molecular complexity index is 924. The van der Waals surface area contributed by atoms with Crippen LogP contribution >= 0.6 is 11.6 Å². The van der Waals surface area contributed by atoms with Crippen molar-refractivity contribution in [1.29, 1.82) is 0 Å². The van der Waals surface area contributed by atoms with Gasteiger partial charge < -0.3 is 15.0 Å². The molecule has 3 rings (SSSR count). The highest BCUT2D eigenvalue weighted by molar-refractivity contribution is 6.33. The molecule has 1 aliphatic heterocycles. The van der Waals surface area contributed by atoms with Gasteiger partial charge in [-0.05, 0) is 31.5 Å². The second-order valence-electron chi connectivity index (χ2n) is 7.13. The standard InChI is InChI=1S/C21H25ClN4O4/c1-15(21(27)23-18-14-16(26(28)29)8-9-20(18)30-2)24-10-5-11-25(13-12-24)19-7-4-3-6-17(19)22/h3-4,6-9,14-15H,5,10-13H2,1-2H3,(H,23,27). The van der Waals surface area contributed by atoms with Crippen LogP contribution in [0.15, 0.2) is 42.5 Å². The summed E-state index contributed by atoms with van der Waals surface area (Å²) in [5.74, 6) is 0.141. The molecular formula is C21H25ClN4O4. The lowest BCUT2D eigenvalue weighted by atomic mass is 10.2. The number of nitro benzene ring substituents is 1. The number of carbonyl (C=O) groups excluding carboxylic acids is 1. The summed E-state index contributed by atoms with van der Waals surface area (Å²) in [6.07, 6.45) is 0.892. The van der Waals surface area contributed by atoms with Crippen LogP contribution in [0.1, 0.15) is 13.3 Å². The van der Waals surface area contributed by atoms with Gasteiger partial charge in [0.25, 0.3) is 5.69 Å². The summed E-state index contributed by atoms with van der Waals surface area (Å²) in [6.45, 7) is 4.91. The van der Waals surface area contributed by atoms with Gasteiger partial charge in [-0.25, -0.2) is 0 Å². The summed E-state index contributed by atoms with van der Waals surface area (Å²) in [5, 5.41) is 14.6. The Morgan fingerprint density at radius 2 is 1.97 bits per heavy atom. The molecule has 0 aromatic heterocycles. The second-order valence-corrected chi connectivity index (χ2v) is 7.54. The molecule has 1 heterocycles. The Morgan fingerprint density at radius 3 is 2.67 bits per heavy atom. The van der Waals surface area contributed by atoms with E-state index in [1.54, 1.807) is 0 Å². The van der Waals surface area contributed by atoms with Gasteiger partial charge in [-0.2, -0.15) is 0 Å². The Hall–Kier alpha value is -2.84. The van der Waals surface area contributed by atoms with Crippen LogP contribution in [0.3, 0.4) is 0 Å². The molecule has 1 aliphatic rings. The molecule has 0 spiro atoms. The van der Waals surface area contributed by atoms with Gasteiger partial charge in [0.2, 0.25) is 5.91 Å². The van der Waals surface area contributed by atoms with Gasteiger partial charge in [0, 0.05) is 38.3 Å². The molecule has 9 heteroatoms. The van der Waals surface area contributed by atoms with Gasteiger partial charge in [-0.15, -0.1) is 0 Å². The van der Waals surface area contributed by atoms with Crippen molar-refractivity contribution in [3.63, 3.8) is 0 Å². The molecule has 1 saturated heterocycles. The molecule has 0 saturated carbocycles. The number of carbonyl (C=O) groups is 1. The number of ether oxygens (including phenoxy) is 1. The normalized spacial score (nSPS) is 15.9. The number of nitro groups is 1. The molecule has 1 unspecified atom stereocenters. The van der Waals surface area contributed by atoms with Crippen molar-refractivity contribution in [2.24, 2.45) is 0 Å². The lowest BCUT2D eigenvalue weighted by Crippen LogP contribution is -2.44. The van der Waals surface area contributed by atoms with Gasteiger partial charge in [-0.3, -0.25) is 19.8 Å². The van der Waals surface area contributed by atoms with E-state index in [2.05, 4.69) is 15.1 Å². The Morgan fingerprint density at radius 1 is 1.20 bits per heavy atom. The monoisotopic (exact) mass is 432 g/mol. The Kier molecular flexibility index (Phi) is 7.12. The first-order valence-corrected chi connectivity index (χ1v) is 10.2. The van der Waals surface area contributed by atoms with Crippen LogP contribution in [0.5, 0.6) is 5.75 Å². The number of halogens is 1. The fourth-order valence-electron chi connectivity index (χ4n) is 3.58. The SMILES string of the molecule is COc1ccc([N+](=O)[O-])cc1NC(=O)C(C)N1CCCN(c2ccccc2Cl)CC1. The van der Waals surface area contributed by atoms with Gasteiger partial charge >= 0.3 is 0 Å². The molecule has 0 bridgehead atoms. The van der Waals surface area contributed by atoms with Crippen LogP contribution in [0, 0.1) is 10.1 Å². The maximum Gasteiger partial charge on any atom is 0.271 e. The first-order chi connectivity index (χ1) is 14.4. The van der Waals surface area contributed by atoms with Crippen LogP contribution in [0.2, 0.25) is 5.02 Å². The predicted molar refractivity (Wildman–Crippen MR) is 118 cm³/mol. The van der Waals surface area contributed by atoms with Gasteiger partial charge in [0.15, 0.2) is 0 Å². The molecule has 1 atom stereocenters. The average Bonchev–Trinajstić information content (AvgIpc) is 2.99. The highest BCUT2D eigenvalue weighted by atomic mass is 35.5. The summed E-state index contributed by atoms with van der Waals surface area (Å²) in [5.41, 5.74) is 1.18. The zero-order valence-electron chi connectivity index (χ0n) is 17.0. The highest BCUT2D eigenvalue weighted by Gasteiger charge is 2.26. The summed E-state index contributed by atoms with van der Waals surface area (Å²) < 4.78 is 5.23. The van der Waals surface area contributed by atoms with Crippen molar-refractivity contribution in [3.05, 3.63) is 57.6 Å². The minimum atomic E-state index is -0.503. The number of anilines is 2. The van der Waals surface area contributed by atoms with Crippen molar-refractivity contribution >= 4 is 34.6 Å². The molecule has 0 radical (unpaired) electrons. The van der Waals surface area contributed by atoms with E-state index in [-0.39, 0.29) is 17.3 Å². The lowest BCUT2D eigenvalue weighted by Gasteiger charge is -2.27. The van der Waals surface area contributed by atoms with Crippen LogP contribution in [0.25, 0.3) is 0 Å². The first-order valence-electron chi connectivity index (χ1n) is 9.77. The number of nitrogens with zero attached hydrogens (tertiary/aromatic N) is 3. The Labute approximate surface area is 180 Å². The summed E-state index contributed by atoms with van der Waals surface area (Å²) in [6, 6.07) is 11.5. The van der Waals surface area contributed by atoms with Crippen molar-refractivity contribution in [3.8, 4) is 5.75 Å². The van der Waals surface area contributed by atoms with Crippen molar-refractivity contribution in [1.82, 2.24) is 4.90 Å². The fraction of sp³-hybridized carbons (Fsp3) is 0.381. The van der Waals surface area contributed by atoms with Gasteiger partial charge in [0.1, 0.15) is 5.75 Å². The third-order valence-electron chi connectivity index (χ3n) is 5.30. The van der Waals surface area contributed by atoms with Gasteiger partial charge in [-0.1, -0.05) is 23.7 Å². The first kappa shape index (κ1) is 21.9. The lowest BCUT2D eigenvalue weighted by molar-refractivity contribution is -0.384. The van der Waals surface area contributed by atoms with Crippen molar-refractivity contribution < 1.29 is 14.5 Å². The fourth-order valence-corrected chi connectivity index (χ4v) is 3.84. The molecule has 30 heavy (non-hydrogen) atoms. The molecular weight excluding hydrogens is 408 g/mol. The molecule has 2 aromatic rings. The zero-order valence-corrected chi connectivity index (χ0v) is 17.8. The number of benzene rings is 2. The van der Waals surface area contributed by atoms with E-state index in [1.807, 2.05) is 31.2 Å². The summed E-state index contributed by atoms with van der Waals surface area (Å²) in [7, 11) is 1.46. The number of nitrogens with one attached hydrogen (secondary N) is 1. The number of non-ortho nitro benzene ring substituents is 1. The van der Waals surface area contributed by atoms with Crippen LogP contribution in [-0.2, 0) is 4.79 Å². The largest absolute Gasteiger partial charge is 0.495 e. The number of hydrogen-bond donors (Lipinski definition) is 1. The number of methoxy groups -OCH3 is 1. The average molecular weight is 433 g/mol. The quantitative estimate of drug-likeness (QED) is 0.551. The minimum absolute atomic E-state index is 0.107. The number of para-hydroxylation sites is 1. The topological polar surface area (TPSA) is 87.9 Å². The van der Waals surface area contributed by atoms with Crippen molar-refractivity contribution in [2.75, 3.05) is 43.5 Å². The van der Waals surface area contributed by atoms with E-state index in [0.29, 0.717) is 12.3 Å². The van der Waals surface area contributed by atoms with Crippen LogP contribution in [0.4, 0.5) is 17.1 Å². The maximum absolute atomic E-state index is 12.9. The van der Waals surface area contributed by atoms with Crippen LogP contribution < -0.4 is 15.0 Å². The molecule has 2 aromatic carbocycles. The maximum atomic E-state index is 12.9. The summed E-state index contributed by atoms with van der Waals surface area (Å²) in [4.78, 5) is 27.8. The van der Waals surface area contributed by atoms with E-state index in [9.17, 15) is 14.9 Å². The summed E-state index contributed by atoms with van der Waals surface area (Å²) >= 11 is 6.33. The number of rotatable bonds is 6. The highest BCUT2D eigenvalue weighted by Crippen LogP contribution is 2.29. The van der Waals surface area contributed by atoms with E-state index < -0.39 is 11.0 Å². The molecule has 1 amide bonds. The van der Waals surface area contributed by atoms with Crippen molar-refractivity contribution in [2.45, 2.75) is 19.4 Å². The third kappa shape index (κ3) is 5.01.